The molecule has 0 spiro atoms. The maximum absolute atomic E-state index is 5.11. The molecule has 10 aromatic rings. The summed E-state index contributed by atoms with van der Waals surface area (Å²) >= 11 is 0. The molecule has 47 heavy (non-hydrogen) atoms. The van der Waals surface area contributed by atoms with Gasteiger partial charge in [-0.05, 0) is 95.7 Å². The van der Waals surface area contributed by atoms with Crippen molar-refractivity contribution in [2.24, 2.45) is 0 Å². The lowest BCUT2D eigenvalue weighted by Crippen LogP contribution is -1.94. The van der Waals surface area contributed by atoms with Crippen molar-refractivity contribution in [3.8, 4) is 22.5 Å². The summed E-state index contributed by atoms with van der Waals surface area (Å²) < 4.78 is 4.78. The molecule has 0 radical (unpaired) electrons. The van der Waals surface area contributed by atoms with E-state index in [1.54, 1.807) is 0 Å². The Morgan fingerprint density at radius 2 is 1.00 bits per heavy atom. The largest absolute Gasteiger partial charge is 0.309 e. The second kappa shape index (κ2) is 9.90. The number of aromatic nitrogens is 3. The number of hydrogen-bond donors (Lipinski definition) is 0. The third-order valence-corrected chi connectivity index (χ3v) is 9.73. The summed E-state index contributed by atoms with van der Waals surface area (Å²) in [6, 6.07) is 55.1. The van der Waals surface area contributed by atoms with Crippen LogP contribution in [0.25, 0.3) is 87.8 Å². The van der Waals surface area contributed by atoms with Crippen LogP contribution in [-0.2, 0) is 0 Å². The average molecular weight is 600 g/mol. The maximum atomic E-state index is 5.11. The third-order valence-electron chi connectivity index (χ3n) is 9.73. The van der Waals surface area contributed by atoms with E-state index in [9.17, 15) is 0 Å². The third kappa shape index (κ3) is 3.84. The van der Waals surface area contributed by atoms with Gasteiger partial charge in [0.25, 0.3) is 0 Å². The Balaban J connectivity index is 1.30. The van der Waals surface area contributed by atoms with E-state index in [1.807, 2.05) is 6.20 Å². The van der Waals surface area contributed by atoms with Gasteiger partial charge in [-0.1, -0.05) is 84.9 Å². The molecular formula is C44H29N3. The van der Waals surface area contributed by atoms with Crippen LogP contribution in [-0.4, -0.2) is 14.1 Å². The highest BCUT2D eigenvalue weighted by Gasteiger charge is 2.18. The molecule has 0 atom stereocenters. The molecule has 3 heterocycles. The molecule has 0 N–H and O–H groups in total. The summed E-state index contributed by atoms with van der Waals surface area (Å²) in [4.78, 5) is 5.11. The first-order valence-corrected chi connectivity index (χ1v) is 16.1. The average Bonchev–Trinajstić information content (AvgIpc) is 3.63. The smallest absolute Gasteiger partial charge is 0.0787 e. The van der Waals surface area contributed by atoms with Gasteiger partial charge in [0.15, 0.2) is 0 Å². The van der Waals surface area contributed by atoms with Gasteiger partial charge in [0, 0.05) is 49.9 Å². The number of aryl methyl sites for hydroxylation is 1. The van der Waals surface area contributed by atoms with E-state index in [2.05, 4.69) is 168 Å². The Kier molecular flexibility index (Phi) is 5.49. The van der Waals surface area contributed by atoms with Crippen molar-refractivity contribution in [2.45, 2.75) is 6.92 Å². The van der Waals surface area contributed by atoms with Crippen molar-refractivity contribution >= 4 is 65.3 Å². The lowest BCUT2D eigenvalue weighted by molar-refractivity contribution is 1.18. The van der Waals surface area contributed by atoms with Crippen molar-refractivity contribution in [1.82, 2.24) is 14.1 Å². The van der Waals surface area contributed by atoms with Crippen LogP contribution in [0.15, 0.2) is 158 Å². The standard InChI is InChI=1S/C44H29N3/c1-28-22-39-36(29-20-21-35-33-16-8-10-18-40(33)46(42(35)25-29)31-12-4-2-5-13-31)23-30-24-38-34-17-9-11-19-41(34)47(32-14-6-3-7-15-32)43(38)26-37(30)44(39)45-27-28/h2-27H,1H3. The summed E-state index contributed by atoms with van der Waals surface area (Å²) in [5, 5.41) is 8.53. The lowest BCUT2D eigenvalue weighted by atomic mass is 9.93. The van der Waals surface area contributed by atoms with Gasteiger partial charge in [-0.3, -0.25) is 4.98 Å². The molecule has 0 aliphatic carbocycles. The predicted molar refractivity (Wildman–Crippen MR) is 198 cm³/mol. The van der Waals surface area contributed by atoms with E-state index in [0.29, 0.717) is 0 Å². The van der Waals surface area contributed by atoms with Crippen molar-refractivity contribution in [3.05, 3.63) is 163 Å². The lowest BCUT2D eigenvalue weighted by Gasteiger charge is -2.14. The van der Waals surface area contributed by atoms with E-state index in [4.69, 9.17) is 4.98 Å². The number of para-hydroxylation sites is 4. The molecule has 0 aliphatic rings. The molecule has 220 valence electrons. The van der Waals surface area contributed by atoms with Crippen LogP contribution in [0.4, 0.5) is 0 Å². The highest BCUT2D eigenvalue weighted by atomic mass is 15.0. The quantitative estimate of drug-likeness (QED) is 0.185. The molecule has 3 nitrogen and oxygen atoms in total. The second-order valence-electron chi connectivity index (χ2n) is 12.5. The van der Waals surface area contributed by atoms with E-state index in [-0.39, 0.29) is 0 Å². The summed E-state index contributed by atoms with van der Waals surface area (Å²) in [6.45, 7) is 2.13. The molecular weight excluding hydrogens is 571 g/mol. The number of fused-ring (bicyclic) bond motifs is 9. The zero-order valence-corrected chi connectivity index (χ0v) is 25.9. The van der Waals surface area contributed by atoms with Crippen molar-refractivity contribution in [3.63, 3.8) is 0 Å². The van der Waals surface area contributed by atoms with Gasteiger partial charge in [0.1, 0.15) is 0 Å². The highest BCUT2D eigenvalue weighted by molar-refractivity contribution is 6.20. The van der Waals surface area contributed by atoms with Crippen LogP contribution in [0.3, 0.4) is 0 Å². The summed E-state index contributed by atoms with van der Waals surface area (Å²) in [6.07, 6.45) is 2.00. The van der Waals surface area contributed by atoms with Gasteiger partial charge in [-0.25, -0.2) is 0 Å². The Bertz CT molecular complexity index is 2840. The minimum absolute atomic E-state index is 1.03. The molecule has 0 saturated heterocycles. The van der Waals surface area contributed by atoms with E-state index >= 15 is 0 Å². The van der Waals surface area contributed by atoms with Gasteiger partial charge >= 0.3 is 0 Å². The number of nitrogens with zero attached hydrogens (tertiary/aromatic N) is 3. The molecule has 0 amide bonds. The van der Waals surface area contributed by atoms with Gasteiger partial charge in [-0.2, -0.15) is 0 Å². The fraction of sp³-hybridized carbons (Fsp3) is 0.0227. The first-order chi connectivity index (χ1) is 23.2. The van der Waals surface area contributed by atoms with Crippen LogP contribution in [0.5, 0.6) is 0 Å². The Morgan fingerprint density at radius 3 is 1.68 bits per heavy atom. The Hall–Kier alpha value is -6.19. The maximum Gasteiger partial charge on any atom is 0.0787 e. The predicted octanol–water partition coefficient (Wildman–Crippen LogP) is 11.6. The van der Waals surface area contributed by atoms with Crippen molar-refractivity contribution in [2.75, 3.05) is 0 Å². The molecule has 0 fully saturated rings. The number of benzene rings is 7. The topological polar surface area (TPSA) is 22.8 Å². The zero-order chi connectivity index (χ0) is 31.1. The van der Waals surface area contributed by atoms with Gasteiger partial charge in [-0.15, -0.1) is 0 Å². The van der Waals surface area contributed by atoms with Crippen LogP contribution < -0.4 is 0 Å². The molecule has 0 bridgehead atoms. The van der Waals surface area contributed by atoms with Gasteiger partial charge in [0.2, 0.25) is 0 Å². The SMILES string of the molecule is Cc1cnc2c(c1)c(-c1ccc3c4ccccc4n(-c4ccccc4)c3c1)cc1cc3c4ccccc4n(-c4ccccc4)c3cc12. The molecule has 3 heteroatoms. The van der Waals surface area contributed by atoms with Crippen LogP contribution in [0.2, 0.25) is 0 Å². The second-order valence-corrected chi connectivity index (χ2v) is 12.5. The molecule has 0 unspecified atom stereocenters. The van der Waals surface area contributed by atoms with Crippen molar-refractivity contribution in [1.29, 1.82) is 0 Å². The van der Waals surface area contributed by atoms with Crippen LogP contribution >= 0.6 is 0 Å². The molecule has 0 aliphatic heterocycles. The molecule has 0 saturated carbocycles. The van der Waals surface area contributed by atoms with Gasteiger partial charge in [0.05, 0.1) is 27.6 Å². The first-order valence-electron chi connectivity index (χ1n) is 16.1. The summed E-state index contributed by atoms with van der Waals surface area (Å²) in [5.41, 5.74) is 11.7. The van der Waals surface area contributed by atoms with E-state index in [1.165, 1.54) is 65.5 Å². The number of hydrogen-bond acceptors (Lipinski definition) is 1. The normalized spacial score (nSPS) is 11.9. The van der Waals surface area contributed by atoms with E-state index < -0.39 is 0 Å². The minimum atomic E-state index is 1.03. The molecule has 7 aromatic carbocycles. The van der Waals surface area contributed by atoms with Crippen LogP contribution in [0.1, 0.15) is 5.56 Å². The van der Waals surface area contributed by atoms with Gasteiger partial charge < -0.3 is 9.13 Å². The Labute approximate surface area is 271 Å². The fourth-order valence-electron chi connectivity index (χ4n) is 7.67. The first kappa shape index (κ1) is 26.1. The number of rotatable bonds is 3. The molecule has 10 rings (SSSR count). The summed E-state index contributed by atoms with van der Waals surface area (Å²) in [7, 11) is 0. The highest BCUT2D eigenvalue weighted by Crippen LogP contribution is 2.41. The molecule has 3 aromatic heterocycles. The van der Waals surface area contributed by atoms with Crippen LogP contribution in [0, 0.1) is 6.92 Å². The summed E-state index contributed by atoms with van der Waals surface area (Å²) in [5.74, 6) is 0. The van der Waals surface area contributed by atoms with Crippen molar-refractivity contribution < 1.29 is 0 Å². The number of pyridine rings is 1. The Morgan fingerprint density at radius 1 is 0.426 bits per heavy atom. The minimum Gasteiger partial charge on any atom is -0.309 e. The zero-order valence-electron chi connectivity index (χ0n) is 25.9. The monoisotopic (exact) mass is 599 g/mol. The fourth-order valence-corrected chi connectivity index (χ4v) is 7.67. The van der Waals surface area contributed by atoms with E-state index in [0.717, 1.165) is 27.8 Å².